The van der Waals surface area contributed by atoms with Gasteiger partial charge in [-0.2, -0.15) is 0 Å². The lowest BCUT2D eigenvalue weighted by atomic mass is 9.77. The van der Waals surface area contributed by atoms with Gasteiger partial charge in [0.1, 0.15) is 0 Å². The zero-order valence-electron chi connectivity index (χ0n) is 27.5. The number of benzene rings is 9. The van der Waals surface area contributed by atoms with Gasteiger partial charge in [-0.25, -0.2) is 0 Å². The van der Waals surface area contributed by atoms with Crippen LogP contribution in [0.3, 0.4) is 0 Å². The average Bonchev–Trinajstić information content (AvgIpc) is 3.20. The van der Waals surface area contributed by atoms with Crippen molar-refractivity contribution in [3.8, 4) is 22.3 Å². The molecule has 240 valence electrons. The third-order valence-electron chi connectivity index (χ3n) is 11.1. The van der Waals surface area contributed by atoms with Crippen LogP contribution in [-0.2, 0) is 0 Å². The Morgan fingerprint density at radius 1 is 0.192 bits per heavy atom. The summed E-state index contributed by atoms with van der Waals surface area (Å²) in [5, 5.41) is 8.83. The summed E-state index contributed by atoms with van der Waals surface area (Å²) in [6.07, 6.45) is 0. The molecule has 0 aliphatic heterocycles. The Morgan fingerprint density at radius 3 is 0.731 bits per heavy atom. The quantitative estimate of drug-likeness (QED) is 0.120. The van der Waals surface area contributed by atoms with E-state index in [1.54, 1.807) is 48.5 Å². The highest BCUT2D eigenvalue weighted by Crippen LogP contribution is 2.50. The van der Waals surface area contributed by atoms with E-state index in [-0.39, 0.29) is 23.1 Å². The first kappa shape index (κ1) is 28.8. The number of hydrogen-bond acceptors (Lipinski definition) is 4. The fourth-order valence-corrected chi connectivity index (χ4v) is 8.89. The Balaban J connectivity index is 0.000000168. The number of fused-ring (bicyclic) bond motifs is 8. The van der Waals surface area contributed by atoms with E-state index in [0.717, 1.165) is 87.6 Å². The summed E-state index contributed by atoms with van der Waals surface area (Å²) in [5.41, 5.74) is 9.30. The molecule has 0 saturated carbocycles. The highest BCUT2D eigenvalue weighted by Gasteiger charge is 2.31. The first-order valence-corrected chi connectivity index (χ1v) is 17.3. The summed E-state index contributed by atoms with van der Waals surface area (Å²) >= 11 is 0. The molecule has 0 atom stereocenters. The second kappa shape index (κ2) is 10.3. The van der Waals surface area contributed by atoms with Crippen molar-refractivity contribution in [1.29, 1.82) is 0 Å². The molecular weight excluding hydrogens is 641 g/mol. The molecule has 3 aliphatic rings. The van der Waals surface area contributed by atoms with Crippen molar-refractivity contribution in [3.63, 3.8) is 0 Å². The maximum Gasteiger partial charge on any atom is 0.194 e. The van der Waals surface area contributed by atoms with E-state index in [1.807, 2.05) is 60.7 Å². The Labute approximate surface area is 296 Å². The lowest BCUT2D eigenvalue weighted by Gasteiger charge is -2.25. The van der Waals surface area contributed by atoms with Crippen LogP contribution in [0.25, 0.3) is 65.3 Å². The minimum atomic E-state index is -0.0641. The highest BCUT2D eigenvalue weighted by atomic mass is 16.1. The third-order valence-corrected chi connectivity index (χ3v) is 11.1. The van der Waals surface area contributed by atoms with Crippen LogP contribution in [0.1, 0.15) is 63.7 Å². The number of ketones is 4. The molecule has 0 fully saturated rings. The summed E-state index contributed by atoms with van der Waals surface area (Å²) in [4.78, 5) is 51.2. The Bertz CT molecular complexity index is 2860. The van der Waals surface area contributed by atoms with Crippen LogP contribution in [0.5, 0.6) is 0 Å². The molecule has 3 aliphatic carbocycles. The van der Waals surface area contributed by atoms with Gasteiger partial charge in [0.15, 0.2) is 23.1 Å². The lowest BCUT2D eigenvalue weighted by Crippen LogP contribution is -2.20. The smallest absolute Gasteiger partial charge is 0.194 e. The monoisotopic (exact) mass is 664 g/mol. The second-order valence-corrected chi connectivity index (χ2v) is 13.6. The van der Waals surface area contributed by atoms with E-state index in [9.17, 15) is 19.2 Å². The van der Waals surface area contributed by atoms with Crippen LogP contribution >= 0.6 is 0 Å². The fraction of sp³-hybridized carbons (Fsp3) is 0. The molecule has 0 amide bonds. The number of carbonyl (C=O) groups excluding carboxylic acids is 4. The lowest BCUT2D eigenvalue weighted by molar-refractivity contribution is 0.0979. The fourth-order valence-electron chi connectivity index (χ4n) is 8.89. The maximum absolute atomic E-state index is 13.5. The summed E-state index contributed by atoms with van der Waals surface area (Å²) < 4.78 is 0. The topological polar surface area (TPSA) is 68.3 Å². The Kier molecular flexibility index (Phi) is 5.67. The molecule has 4 nitrogen and oxygen atoms in total. The zero-order valence-corrected chi connectivity index (χ0v) is 27.5. The van der Waals surface area contributed by atoms with Gasteiger partial charge >= 0.3 is 0 Å². The molecule has 9 aromatic carbocycles. The molecule has 0 heterocycles. The van der Waals surface area contributed by atoms with Crippen LogP contribution in [0, 0.1) is 0 Å². The van der Waals surface area contributed by atoms with Crippen molar-refractivity contribution in [2.75, 3.05) is 0 Å². The molecule has 0 aromatic heterocycles. The summed E-state index contributed by atoms with van der Waals surface area (Å²) in [6, 6.07) is 46.6. The molecule has 0 unspecified atom stereocenters. The number of hydrogen-bond donors (Lipinski definition) is 0. The normalized spacial score (nSPS) is 13.5. The molecule has 0 saturated heterocycles. The van der Waals surface area contributed by atoms with Gasteiger partial charge in [-0.15, -0.1) is 0 Å². The van der Waals surface area contributed by atoms with Crippen molar-refractivity contribution >= 4 is 66.2 Å². The van der Waals surface area contributed by atoms with Gasteiger partial charge in [0.2, 0.25) is 0 Å². The van der Waals surface area contributed by atoms with Crippen LogP contribution < -0.4 is 0 Å². The van der Waals surface area contributed by atoms with Crippen molar-refractivity contribution in [1.82, 2.24) is 0 Å². The minimum Gasteiger partial charge on any atom is -0.289 e. The largest absolute Gasteiger partial charge is 0.289 e. The summed E-state index contributed by atoms with van der Waals surface area (Å²) in [7, 11) is 0. The molecule has 4 heteroatoms. The SMILES string of the molecule is O=C1c2ccccc2-c2ccc3c4ccc5c6c(ccc(c7ccc1c2c73)c64)C(=O)c1ccccc1-5.O=C1c2ccccc2C(=O)c2ccccc21. The molecule has 0 N–H and O–H groups in total. The first-order valence-electron chi connectivity index (χ1n) is 17.3. The van der Waals surface area contributed by atoms with Crippen molar-refractivity contribution in [2.45, 2.75) is 0 Å². The summed E-state index contributed by atoms with van der Waals surface area (Å²) in [5.74, 6) is 0.0386. The van der Waals surface area contributed by atoms with Gasteiger partial charge in [-0.05, 0) is 66.7 Å². The van der Waals surface area contributed by atoms with E-state index in [2.05, 4.69) is 36.4 Å². The van der Waals surface area contributed by atoms with E-state index in [1.165, 1.54) is 0 Å². The van der Waals surface area contributed by atoms with E-state index in [4.69, 9.17) is 0 Å². The minimum absolute atomic E-state index is 0.0641. The maximum atomic E-state index is 13.5. The molecule has 12 rings (SSSR count). The molecule has 0 bridgehead atoms. The zero-order chi connectivity index (χ0) is 34.8. The van der Waals surface area contributed by atoms with Gasteiger partial charge in [0, 0.05) is 55.3 Å². The van der Waals surface area contributed by atoms with E-state index in [0.29, 0.717) is 22.3 Å². The van der Waals surface area contributed by atoms with E-state index < -0.39 is 0 Å². The van der Waals surface area contributed by atoms with Gasteiger partial charge in [-0.1, -0.05) is 133 Å². The molecule has 0 radical (unpaired) electrons. The Morgan fingerprint density at radius 2 is 0.423 bits per heavy atom. The van der Waals surface area contributed by atoms with Crippen LogP contribution in [0.15, 0.2) is 146 Å². The predicted octanol–water partition coefficient (Wildman–Crippen LogP) is 10.6. The predicted molar refractivity (Wildman–Crippen MR) is 205 cm³/mol. The van der Waals surface area contributed by atoms with Gasteiger partial charge in [0.25, 0.3) is 0 Å². The van der Waals surface area contributed by atoms with E-state index >= 15 is 0 Å². The molecule has 9 aromatic rings. The molecule has 0 spiro atoms. The van der Waals surface area contributed by atoms with Crippen LogP contribution in [-0.4, -0.2) is 23.1 Å². The Hall–Kier alpha value is -7.04. The van der Waals surface area contributed by atoms with Gasteiger partial charge in [0.05, 0.1) is 0 Å². The number of rotatable bonds is 0. The second-order valence-electron chi connectivity index (χ2n) is 13.6. The summed E-state index contributed by atoms with van der Waals surface area (Å²) in [6.45, 7) is 0. The average molecular weight is 665 g/mol. The third kappa shape index (κ3) is 3.60. The van der Waals surface area contributed by atoms with Crippen molar-refractivity contribution in [2.24, 2.45) is 0 Å². The van der Waals surface area contributed by atoms with Gasteiger partial charge < -0.3 is 0 Å². The van der Waals surface area contributed by atoms with Crippen molar-refractivity contribution in [3.05, 3.63) is 190 Å². The highest BCUT2D eigenvalue weighted by molar-refractivity contribution is 6.41. The first-order chi connectivity index (χ1) is 25.5. The van der Waals surface area contributed by atoms with Crippen LogP contribution in [0.4, 0.5) is 0 Å². The van der Waals surface area contributed by atoms with Crippen LogP contribution in [0.2, 0.25) is 0 Å². The van der Waals surface area contributed by atoms with Gasteiger partial charge in [-0.3, -0.25) is 19.2 Å². The van der Waals surface area contributed by atoms with Crippen molar-refractivity contribution < 1.29 is 19.2 Å². The number of carbonyl (C=O) groups is 4. The molecule has 52 heavy (non-hydrogen) atoms. The standard InChI is InChI=1S/C34H16O2.C14H8O2/c35-33-25-7-3-1-5-17(25)19-9-11-21-22-12-10-20-18-6-2-4-8-26(18)34(36)28-16-14-24(30(22)32(20)28)23-13-15-27(33)31(19)29(21)23;15-13-9-5-1-2-6-10(9)14(16)12-8-4-3-7-11(12)13/h1-16H;1-8H. The molecular formula is C48H24O4.